The van der Waals surface area contributed by atoms with Crippen molar-refractivity contribution in [2.75, 3.05) is 13.2 Å². The van der Waals surface area contributed by atoms with Gasteiger partial charge in [0.2, 0.25) is 10.0 Å². The highest BCUT2D eigenvalue weighted by atomic mass is 32.2. The molecular weight excluding hydrogens is 422 g/mol. The number of nitrogens with two attached hydrogens (primary N) is 1. The minimum Gasteiger partial charge on any atom is -0.490 e. The Hall–Kier alpha value is -3.37. The summed E-state index contributed by atoms with van der Waals surface area (Å²) >= 11 is 0. The average molecular weight is 445 g/mol. The van der Waals surface area contributed by atoms with E-state index in [-0.39, 0.29) is 18.1 Å². The fourth-order valence-corrected chi connectivity index (χ4v) is 3.52. The molecule has 0 bridgehead atoms. The lowest BCUT2D eigenvalue weighted by Gasteiger charge is -2.07. The molecule has 3 aromatic rings. The number of rotatable bonds is 8. The van der Waals surface area contributed by atoms with E-state index in [1.54, 1.807) is 6.08 Å². The van der Waals surface area contributed by atoms with Gasteiger partial charge in [0.05, 0.1) is 4.90 Å². The van der Waals surface area contributed by atoms with Gasteiger partial charge in [0.15, 0.2) is 5.82 Å². The minimum absolute atomic E-state index is 0.00513. The van der Waals surface area contributed by atoms with Crippen LogP contribution < -0.4 is 9.88 Å². The molecular formula is C21H23N3O6S. The van der Waals surface area contributed by atoms with Gasteiger partial charge in [0, 0.05) is 23.5 Å². The molecule has 0 saturated heterocycles. The van der Waals surface area contributed by atoms with E-state index < -0.39 is 16.0 Å². The number of hydrogen-bond donors (Lipinski definition) is 1. The number of carbonyl (C=O) groups excluding carboxylic acids is 1. The molecule has 0 aliphatic rings. The van der Waals surface area contributed by atoms with Gasteiger partial charge in [0.1, 0.15) is 24.7 Å². The molecule has 0 atom stereocenters. The highest BCUT2D eigenvalue weighted by Gasteiger charge is 2.12. The van der Waals surface area contributed by atoms with Crippen LogP contribution in [-0.2, 0) is 19.6 Å². The summed E-state index contributed by atoms with van der Waals surface area (Å²) in [4.78, 5) is 12.0. The van der Waals surface area contributed by atoms with Crippen molar-refractivity contribution < 1.29 is 27.2 Å². The van der Waals surface area contributed by atoms with E-state index >= 15 is 0 Å². The Morgan fingerprint density at radius 2 is 1.87 bits per heavy atom. The van der Waals surface area contributed by atoms with Crippen molar-refractivity contribution in [2.45, 2.75) is 25.7 Å². The van der Waals surface area contributed by atoms with Crippen LogP contribution in [0.15, 0.2) is 51.9 Å². The molecule has 31 heavy (non-hydrogen) atoms. The first-order chi connectivity index (χ1) is 14.6. The van der Waals surface area contributed by atoms with Crippen LogP contribution in [0.4, 0.5) is 0 Å². The molecule has 0 aliphatic carbocycles. The van der Waals surface area contributed by atoms with Crippen LogP contribution in [0.2, 0.25) is 0 Å². The Bertz CT molecular complexity index is 1210. The van der Waals surface area contributed by atoms with Crippen LogP contribution in [0.3, 0.4) is 0 Å². The van der Waals surface area contributed by atoms with Gasteiger partial charge in [-0.25, -0.2) is 18.4 Å². The number of benzene rings is 1. The van der Waals surface area contributed by atoms with Crippen LogP contribution in [0.1, 0.15) is 22.7 Å². The summed E-state index contributed by atoms with van der Waals surface area (Å²) in [5, 5.41) is 9.07. The van der Waals surface area contributed by atoms with Crippen LogP contribution in [0, 0.1) is 20.8 Å². The Balaban J connectivity index is 1.51. The monoisotopic (exact) mass is 445 g/mol. The second-order valence-electron chi connectivity index (χ2n) is 6.82. The Morgan fingerprint density at radius 1 is 1.16 bits per heavy atom. The summed E-state index contributed by atoms with van der Waals surface area (Å²) in [5.41, 5.74) is 2.74. The van der Waals surface area contributed by atoms with Gasteiger partial charge in [-0.15, -0.1) is 0 Å². The summed E-state index contributed by atoms with van der Waals surface area (Å²) in [6.45, 7) is 5.85. The number of aryl methyl sites for hydroxylation is 2. The standard InChI is InChI=1S/C21H23N3O6S/c1-14-12-17(16(3)24(14)20-13-15(2)30-23-20)4-9-21(25)29-11-10-28-18-5-7-19(8-6-18)31(22,26)27/h4-9,12-13H,10-11H2,1-3H3,(H2,22,26,27). The normalized spacial score (nSPS) is 11.7. The first-order valence-corrected chi connectivity index (χ1v) is 10.9. The van der Waals surface area contributed by atoms with Crippen molar-refractivity contribution in [1.82, 2.24) is 9.72 Å². The first-order valence-electron chi connectivity index (χ1n) is 9.38. The summed E-state index contributed by atoms with van der Waals surface area (Å²) in [5.74, 6) is 1.33. The Labute approximate surface area is 180 Å². The van der Waals surface area contributed by atoms with Gasteiger partial charge in [-0.1, -0.05) is 5.16 Å². The fraction of sp³-hybridized carbons (Fsp3) is 0.238. The molecule has 2 heterocycles. The third-order valence-corrected chi connectivity index (χ3v) is 5.39. The molecule has 9 nitrogen and oxygen atoms in total. The number of sulfonamides is 1. The van der Waals surface area contributed by atoms with E-state index in [1.807, 2.05) is 37.5 Å². The van der Waals surface area contributed by atoms with E-state index in [4.69, 9.17) is 19.1 Å². The summed E-state index contributed by atoms with van der Waals surface area (Å²) in [7, 11) is -3.75. The molecule has 0 spiro atoms. The maximum absolute atomic E-state index is 12.0. The molecule has 164 valence electrons. The van der Waals surface area contributed by atoms with Gasteiger partial charge in [-0.05, 0) is 62.7 Å². The zero-order chi connectivity index (χ0) is 22.6. The SMILES string of the molecule is Cc1cc(-n2c(C)cc(C=CC(=O)OCCOc3ccc(S(N)(=O)=O)cc3)c2C)no1. The van der Waals surface area contributed by atoms with Gasteiger partial charge in [0.25, 0.3) is 0 Å². The molecule has 0 radical (unpaired) electrons. The van der Waals surface area contributed by atoms with Crippen LogP contribution in [-0.4, -0.2) is 37.3 Å². The summed E-state index contributed by atoms with van der Waals surface area (Å²) in [6.07, 6.45) is 3.03. The number of nitrogens with zero attached hydrogens (tertiary/aromatic N) is 2. The molecule has 0 aliphatic heterocycles. The lowest BCUT2D eigenvalue weighted by molar-refractivity contribution is -0.138. The number of hydrogen-bond acceptors (Lipinski definition) is 7. The first kappa shape index (κ1) is 22.3. The van der Waals surface area contributed by atoms with Crippen molar-refractivity contribution in [3.05, 3.63) is 65.2 Å². The van der Waals surface area contributed by atoms with Gasteiger partial charge >= 0.3 is 5.97 Å². The fourth-order valence-electron chi connectivity index (χ4n) is 3.00. The zero-order valence-corrected chi connectivity index (χ0v) is 18.2. The largest absolute Gasteiger partial charge is 0.490 e. The van der Waals surface area contributed by atoms with Crippen molar-refractivity contribution in [3.63, 3.8) is 0 Å². The van der Waals surface area contributed by atoms with Crippen molar-refractivity contribution >= 4 is 22.1 Å². The van der Waals surface area contributed by atoms with Gasteiger partial charge in [-0.2, -0.15) is 0 Å². The minimum atomic E-state index is -3.75. The predicted octanol–water partition coefficient (Wildman–Crippen LogP) is 2.67. The number of aromatic nitrogens is 2. The quantitative estimate of drug-likeness (QED) is 0.321. The number of primary sulfonamides is 1. The molecule has 0 unspecified atom stereocenters. The van der Waals surface area contributed by atoms with Crippen LogP contribution in [0.5, 0.6) is 5.75 Å². The lowest BCUT2D eigenvalue weighted by Crippen LogP contribution is -2.12. The van der Waals surface area contributed by atoms with Crippen molar-refractivity contribution in [2.24, 2.45) is 5.14 Å². The zero-order valence-electron chi connectivity index (χ0n) is 17.4. The van der Waals surface area contributed by atoms with E-state index in [9.17, 15) is 13.2 Å². The molecule has 0 saturated carbocycles. The molecule has 0 fully saturated rings. The molecule has 1 aromatic carbocycles. The second-order valence-corrected chi connectivity index (χ2v) is 8.38. The third kappa shape index (κ3) is 5.62. The number of carbonyl (C=O) groups is 1. The van der Waals surface area contributed by atoms with Crippen molar-refractivity contribution in [1.29, 1.82) is 0 Å². The summed E-state index contributed by atoms with van der Waals surface area (Å²) in [6, 6.07) is 9.43. The predicted molar refractivity (Wildman–Crippen MR) is 113 cm³/mol. The smallest absolute Gasteiger partial charge is 0.330 e. The maximum Gasteiger partial charge on any atom is 0.330 e. The lowest BCUT2D eigenvalue weighted by atomic mass is 10.2. The second kappa shape index (κ2) is 9.19. The highest BCUT2D eigenvalue weighted by Crippen LogP contribution is 2.21. The van der Waals surface area contributed by atoms with E-state index in [0.29, 0.717) is 17.3 Å². The summed E-state index contributed by atoms with van der Waals surface area (Å²) < 4.78 is 40.1. The third-order valence-electron chi connectivity index (χ3n) is 4.46. The maximum atomic E-state index is 12.0. The van der Waals surface area contributed by atoms with Crippen LogP contribution >= 0.6 is 0 Å². The van der Waals surface area contributed by atoms with Crippen LogP contribution in [0.25, 0.3) is 11.9 Å². The van der Waals surface area contributed by atoms with Crippen molar-refractivity contribution in [3.8, 4) is 11.6 Å². The number of ether oxygens (including phenoxy) is 2. The average Bonchev–Trinajstić information content (AvgIpc) is 3.25. The van der Waals surface area contributed by atoms with Gasteiger partial charge in [-0.3, -0.25) is 4.57 Å². The number of esters is 1. The van der Waals surface area contributed by atoms with E-state index in [2.05, 4.69) is 5.16 Å². The highest BCUT2D eigenvalue weighted by molar-refractivity contribution is 7.89. The molecule has 3 rings (SSSR count). The topological polar surface area (TPSA) is 127 Å². The van der Waals surface area contributed by atoms with Gasteiger partial charge < -0.3 is 14.0 Å². The van der Waals surface area contributed by atoms with E-state index in [1.165, 1.54) is 30.3 Å². The Morgan fingerprint density at radius 3 is 2.48 bits per heavy atom. The molecule has 0 amide bonds. The molecule has 10 heteroatoms. The van der Waals surface area contributed by atoms with E-state index in [0.717, 1.165) is 17.0 Å². The molecule has 2 aromatic heterocycles. The Kier molecular flexibility index (Phi) is 6.62. The molecule has 2 N–H and O–H groups in total.